The summed E-state index contributed by atoms with van der Waals surface area (Å²) >= 11 is 12.9. The van der Waals surface area contributed by atoms with E-state index in [1.54, 1.807) is 86.6 Å². The highest BCUT2D eigenvalue weighted by molar-refractivity contribution is 6.39. The van der Waals surface area contributed by atoms with Gasteiger partial charge < -0.3 is 4.74 Å². The summed E-state index contributed by atoms with van der Waals surface area (Å²) in [6.07, 6.45) is -0.434. The molecule has 252 valence electrons. The van der Waals surface area contributed by atoms with Gasteiger partial charge in [-0.1, -0.05) is 120 Å². The molecule has 6 nitrogen and oxygen atoms in total. The third-order valence-electron chi connectivity index (χ3n) is 10.4. The number of hydrogen-bond acceptors (Lipinski definition) is 5. The Hall–Kier alpha value is -5.30. The van der Waals surface area contributed by atoms with E-state index in [1.165, 1.54) is 0 Å². The lowest BCUT2D eigenvalue weighted by molar-refractivity contribution is -0.130. The number of esters is 1. The molecule has 8 heteroatoms. The summed E-state index contributed by atoms with van der Waals surface area (Å²) in [6.45, 7) is 3.46. The first-order valence-corrected chi connectivity index (χ1v) is 17.5. The number of nitrogens with zero attached hydrogens (tertiary/aromatic N) is 1. The number of benzene rings is 5. The zero-order chi connectivity index (χ0) is 35.7. The molecule has 1 saturated carbocycles. The first kappa shape index (κ1) is 32.9. The van der Waals surface area contributed by atoms with Crippen molar-refractivity contribution in [3.8, 4) is 0 Å². The van der Waals surface area contributed by atoms with Crippen LogP contribution < -0.4 is 4.90 Å². The van der Waals surface area contributed by atoms with Crippen molar-refractivity contribution in [2.45, 2.75) is 30.8 Å². The Bertz CT molecular complexity index is 2140. The molecule has 1 heterocycles. The maximum atomic E-state index is 16.1. The topological polar surface area (TPSA) is 80.8 Å². The molecule has 2 fully saturated rings. The van der Waals surface area contributed by atoms with Gasteiger partial charge in [-0.2, -0.15) is 0 Å². The quantitative estimate of drug-likeness (QED) is 0.125. The van der Waals surface area contributed by atoms with Crippen molar-refractivity contribution in [1.29, 1.82) is 0 Å². The number of allylic oxidation sites excluding steroid dienone is 2. The van der Waals surface area contributed by atoms with Crippen LogP contribution >= 0.6 is 23.2 Å². The fourth-order valence-corrected chi connectivity index (χ4v) is 8.97. The van der Waals surface area contributed by atoms with Crippen LogP contribution in [-0.2, 0) is 30.0 Å². The number of carbonyl (C=O) groups is 4. The van der Waals surface area contributed by atoms with Crippen LogP contribution in [0.1, 0.15) is 46.5 Å². The second-order valence-electron chi connectivity index (χ2n) is 13.4. The first-order valence-electron chi connectivity index (χ1n) is 16.7. The molecule has 1 saturated heterocycles. The smallest absolute Gasteiger partial charge is 0.340 e. The number of amides is 2. The maximum absolute atomic E-state index is 16.1. The average Bonchev–Trinajstić information content (AvgIpc) is 3.64. The number of carbonyl (C=O) groups excluding carboxylic acids is 4. The molecule has 0 spiro atoms. The number of halogens is 2. The molecule has 0 N–H and O–H groups in total. The molecule has 5 aromatic rings. The van der Waals surface area contributed by atoms with Gasteiger partial charge in [0.1, 0.15) is 0 Å². The van der Waals surface area contributed by atoms with Crippen molar-refractivity contribution < 1.29 is 23.9 Å². The van der Waals surface area contributed by atoms with Crippen LogP contribution in [-0.4, -0.2) is 29.7 Å². The van der Waals surface area contributed by atoms with Gasteiger partial charge in [0.25, 0.3) is 0 Å². The number of Topliss-reactive ketones (excluding diaryl/α,β-unsaturated/α-hetero) is 1. The Labute approximate surface area is 305 Å². The minimum absolute atomic E-state index is 0.0761. The lowest BCUT2D eigenvalue weighted by Gasteiger charge is -2.39. The molecular formula is C43H31Cl2NO5. The van der Waals surface area contributed by atoms with Gasteiger partial charge in [0.2, 0.25) is 11.8 Å². The minimum Gasteiger partial charge on any atom is -0.459 e. The van der Waals surface area contributed by atoms with E-state index >= 15 is 14.4 Å². The third kappa shape index (κ3) is 4.56. The van der Waals surface area contributed by atoms with Crippen molar-refractivity contribution in [2.24, 2.45) is 11.8 Å². The van der Waals surface area contributed by atoms with E-state index in [-0.39, 0.29) is 17.0 Å². The molecule has 5 aromatic carbocycles. The SMILES string of the molecule is CC(C)OC(=O)c1ccccc1N1C(=O)[C@H]2[C@H](C1=O)[C@@]1(c3ccc(Cl)cc3)C(=O)[C@@]2(c2ccc(Cl)cc2)C(c2ccccc2)=C1c1ccccc1. The highest BCUT2D eigenvalue weighted by Gasteiger charge is 2.82. The van der Waals surface area contributed by atoms with Gasteiger partial charge in [0, 0.05) is 10.0 Å². The van der Waals surface area contributed by atoms with Gasteiger partial charge in [-0.05, 0) is 83.6 Å². The van der Waals surface area contributed by atoms with E-state index in [2.05, 4.69) is 0 Å². The van der Waals surface area contributed by atoms with Crippen LogP contribution in [0.25, 0.3) is 11.1 Å². The van der Waals surface area contributed by atoms with Gasteiger partial charge in [-0.15, -0.1) is 0 Å². The van der Waals surface area contributed by atoms with Crippen LogP contribution in [0.4, 0.5) is 5.69 Å². The Morgan fingerprint density at radius 2 is 1.02 bits per heavy atom. The highest BCUT2D eigenvalue weighted by Crippen LogP contribution is 2.74. The summed E-state index contributed by atoms with van der Waals surface area (Å²) in [5, 5.41) is 0.918. The van der Waals surface area contributed by atoms with Crippen molar-refractivity contribution in [3.63, 3.8) is 0 Å². The summed E-state index contributed by atoms with van der Waals surface area (Å²) < 4.78 is 5.55. The summed E-state index contributed by atoms with van der Waals surface area (Å²) in [6, 6.07) is 39.5. The van der Waals surface area contributed by atoms with Gasteiger partial charge in [0.15, 0.2) is 5.78 Å². The molecule has 8 rings (SSSR count). The largest absolute Gasteiger partial charge is 0.459 e. The fourth-order valence-electron chi connectivity index (χ4n) is 8.71. The average molecular weight is 713 g/mol. The molecule has 4 atom stereocenters. The minimum atomic E-state index is -1.63. The zero-order valence-corrected chi connectivity index (χ0v) is 29.2. The Morgan fingerprint density at radius 3 is 1.45 bits per heavy atom. The van der Waals surface area contributed by atoms with Gasteiger partial charge >= 0.3 is 5.97 Å². The van der Waals surface area contributed by atoms with E-state index in [0.717, 1.165) is 16.0 Å². The monoisotopic (exact) mass is 711 g/mol. The van der Waals surface area contributed by atoms with Gasteiger partial charge in [-0.3, -0.25) is 14.4 Å². The summed E-state index contributed by atoms with van der Waals surface area (Å²) in [4.78, 5) is 61.3. The van der Waals surface area contributed by atoms with Crippen LogP contribution in [0, 0.1) is 11.8 Å². The van der Waals surface area contributed by atoms with Crippen LogP contribution in [0.3, 0.4) is 0 Å². The van der Waals surface area contributed by atoms with Crippen molar-refractivity contribution in [3.05, 3.63) is 171 Å². The standard InChI is InChI=1S/C43H31Cl2NO5/c1-25(2)51-40(49)32-15-9-10-16-33(32)46-38(47)36-37(39(46)48)43(29-19-23-31(45)24-20-29)35(27-13-7-4-8-14-27)34(26-11-5-3-6-12-26)42(36,41(43)50)28-17-21-30(44)22-18-28/h3-25,36-37H,1-2H3/t36-,37-,42+,43+/m1/s1. The molecule has 2 aliphatic carbocycles. The number of rotatable bonds is 7. The normalized spacial score (nSPS) is 23.7. The van der Waals surface area contributed by atoms with Crippen molar-refractivity contribution >= 4 is 63.6 Å². The fraction of sp³-hybridized carbons (Fsp3) is 0.163. The molecule has 51 heavy (non-hydrogen) atoms. The summed E-state index contributed by atoms with van der Waals surface area (Å²) in [5.74, 6) is -4.44. The molecule has 3 aliphatic rings. The molecule has 2 amide bonds. The summed E-state index contributed by atoms with van der Waals surface area (Å²) in [7, 11) is 0. The number of imide groups is 1. The molecule has 0 radical (unpaired) electrons. The lowest BCUT2D eigenvalue weighted by Crippen LogP contribution is -2.46. The highest BCUT2D eigenvalue weighted by atomic mass is 35.5. The number of ketones is 1. The predicted molar refractivity (Wildman–Crippen MR) is 197 cm³/mol. The van der Waals surface area contributed by atoms with Crippen molar-refractivity contribution in [2.75, 3.05) is 4.90 Å². The van der Waals surface area contributed by atoms with Gasteiger partial charge in [0.05, 0.1) is 40.0 Å². The van der Waals surface area contributed by atoms with E-state index < -0.39 is 46.6 Å². The van der Waals surface area contributed by atoms with E-state index in [4.69, 9.17) is 27.9 Å². The maximum Gasteiger partial charge on any atom is 0.340 e. The molecule has 0 aromatic heterocycles. The number of hydrogen-bond donors (Lipinski definition) is 0. The van der Waals surface area contributed by atoms with E-state index in [1.807, 2.05) is 60.7 Å². The molecule has 1 aliphatic heterocycles. The van der Waals surface area contributed by atoms with Crippen LogP contribution in [0.15, 0.2) is 133 Å². The number of anilines is 1. The summed E-state index contributed by atoms with van der Waals surface area (Å²) in [5.41, 5.74) is 0.800. The Kier molecular flexibility index (Phi) is 7.86. The number of para-hydroxylation sites is 1. The Morgan fingerprint density at radius 1 is 0.608 bits per heavy atom. The Balaban J connectivity index is 1.51. The predicted octanol–water partition coefficient (Wildman–Crippen LogP) is 8.75. The second kappa shape index (κ2) is 12.2. The van der Waals surface area contributed by atoms with E-state index in [9.17, 15) is 4.79 Å². The number of ether oxygens (including phenoxy) is 1. The first-order chi connectivity index (χ1) is 24.6. The lowest BCUT2D eigenvalue weighted by atomic mass is 9.59. The van der Waals surface area contributed by atoms with Gasteiger partial charge in [-0.25, -0.2) is 9.69 Å². The van der Waals surface area contributed by atoms with E-state index in [0.29, 0.717) is 32.3 Å². The number of fused-ring (bicyclic) bond motifs is 5. The molecular weight excluding hydrogens is 681 g/mol. The molecule has 0 unspecified atom stereocenters. The third-order valence-corrected chi connectivity index (χ3v) is 10.9. The zero-order valence-electron chi connectivity index (χ0n) is 27.7. The van der Waals surface area contributed by atoms with Crippen molar-refractivity contribution in [1.82, 2.24) is 0 Å². The second-order valence-corrected chi connectivity index (χ2v) is 14.3. The molecule has 2 bridgehead atoms. The van der Waals surface area contributed by atoms with Crippen LogP contribution in [0.2, 0.25) is 10.0 Å². The van der Waals surface area contributed by atoms with Crippen LogP contribution in [0.5, 0.6) is 0 Å².